The van der Waals surface area contributed by atoms with Crippen LogP contribution in [0.15, 0.2) is 24.3 Å². The van der Waals surface area contributed by atoms with Gasteiger partial charge in [0.05, 0.1) is 6.04 Å². The van der Waals surface area contributed by atoms with Crippen molar-refractivity contribution in [1.29, 1.82) is 0 Å². The molecule has 1 aliphatic rings. The highest BCUT2D eigenvalue weighted by Crippen LogP contribution is 2.19. The van der Waals surface area contributed by atoms with E-state index >= 15 is 0 Å². The lowest BCUT2D eigenvalue weighted by atomic mass is 10.2. The van der Waals surface area contributed by atoms with Gasteiger partial charge in [0.15, 0.2) is 0 Å². The van der Waals surface area contributed by atoms with Gasteiger partial charge in [0.25, 0.3) is 0 Å². The summed E-state index contributed by atoms with van der Waals surface area (Å²) in [7, 11) is 3.55. The maximum absolute atomic E-state index is 12.1. The van der Waals surface area contributed by atoms with Crippen LogP contribution in [-0.4, -0.2) is 66.8 Å². The maximum atomic E-state index is 12.1. The first kappa shape index (κ1) is 16.8. The van der Waals surface area contributed by atoms with Crippen LogP contribution in [0.2, 0.25) is 0 Å². The number of ether oxygens (including phenoxy) is 1. The molecule has 1 fully saturated rings. The summed E-state index contributed by atoms with van der Waals surface area (Å²) in [6.07, 6.45) is 1.26. The molecular formula is C17H26N2O3. The SMILES string of the molecule is Cc1ccc(OCC(O)CN2CCCC2C(=O)N(C)C)cc1. The quantitative estimate of drug-likeness (QED) is 0.860. The average molecular weight is 306 g/mol. The Morgan fingerprint density at radius 3 is 2.73 bits per heavy atom. The van der Waals surface area contributed by atoms with Gasteiger partial charge in [-0.1, -0.05) is 17.7 Å². The third kappa shape index (κ3) is 4.45. The standard InChI is InChI=1S/C17H26N2O3/c1-13-6-8-15(9-7-13)22-12-14(20)11-19-10-4-5-16(19)17(21)18(2)3/h6-9,14,16,20H,4-5,10-12H2,1-3H3. The molecule has 0 saturated carbocycles. The number of nitrogens with zero attached hydrogens (tertiary/aromatic N) is 2. The zero-order valence-corrected chi connectivity index (χ0v) is 13.7. The molecule has 1 aromatic carbocycles. The minimum atomic E-state index is -0.600. The van der Waals surface area contributed by atoms with Crippen LogP contribution < -0.4 is 4.74 Å². The fraction of sp³-hybridized carbons (Fsp3) is 0.588. The lowest BCUT2D eigenvalue weighted by Crippen LogP contribution is -2.46. The van der Waals surface area contributed by atoms with Gasteiger partial charge in [-0.2, -0.15) is 0 Å². The molecule has 1 saturated heterocycles. The molecule has 122 valence electrons. The number of likely N-dealkylation sites (N-methyl/N-ethyl adjacent to an activating group) is 1. The molecule has 2 atom stereocenters. The molecule has 1 amide bonds. The van der Waals surface area contributed by atoms with Crippen LogP contribution in [-0.2, 0) is 4.79 Å². The van der Waals surface area contributed by atoms with Gasteiger partial charge in [0.2, 0.25) is 5.91 Å². The Hall–Kier alpha value is -1.59. The van der Waals surface area contributed by atoms with Gasteiger partial charge in [-0.3, -0.25) is 9.69 Å². The summed E-state index contributed by atoms with van der Waals surface area (Å²) in [5.74, 6) is 0.871. The van der Waals surface area contributed by atoms with Crippen molar-refractivity contribution in [2.75, 3.05) is 33.8 Å². The van der Waals surface area contributed by atoms with Gasteiger partial charge < -0.3 is 14.7 Å². The summed E-state index contributed by atoms with van der Waals surface area (Å²) in [6.45, 7) is 3.58. The number of hydrogen-bond acceptors (Lipinski definition) is 4. The average Bonchev–Trinajstić information content (AvgIpc) is 2.93. The first-order valence-electron chi connectivity index (χ1n) is 7.80. The zero-order chi connectivity index (χ0) is 16.1. The van der Waals surface area contributed by atoms with Crippen LogP contribution in [0.1, 0.15) is 18.4 Å². The van der Waals surface area contributed by atoms with Crippen molar-refractivity contribution in [2.45, 2.75) is 31.9 Å². The second-order valence-electron chi connectivity index (χ2n) is 6.16. The second-order valence-corrected chi connectivity index (χ2v) is 6.16. The molecule has 0 aromatic heterocycles. The summed E-state index contributed by atoms with van der Waals surface area (Å²) in [5, 5.41) is 10.2. The zero-order valence-electron chi connectivity index (χ0n) is 13.7. The number of β-amino-alcohol motifs (C(OH)–C–C–N with tert-alkyl or cyclic N) is 1. The number of likely N-dealkylation sites (tertiary alicyclic amines) is 1. The van der Waals surface area contributed by atoms with Crippen molar-refractivity contribution in [2.24, 2.45) is 0 Å². The Morgan fingerprint density at radius 1 is 1.41 bits per heavy atom. The van der Waals surface area contributed by atoms with E-state index in [0.29, 0.717) is 6.54 Å². The fourth-order valence-corrected chi connectivity index (χ4v) is 2.77. The predicted molar refractivity (Wildman–Crippen MR) is 86.0 cm³/mol. The molecule has 0 spiro atoms. The normalized spacial score (nSPS) is 19.9. The number of aryl methyl sites for hydroxylation is 1. The maximum Gasteiger partial charge on any atom is 0.239 e. The number of amides is 1. The fourth-order valence-electron chi connectivity index (χ4n) is 2.77. The van der Waals surface area contributed by atoms with E-state index in [-0.39, 0.29) is 18.6 Å². The Kier molecular flexibility index (Phi) is 5.80. The van der Waals surface area contributed by atoms with E-state index in [2.05, 4.69) is 4.90 Å². The van der Waals surface area contributed by atoms with Crippen LogP contribution in [0.3, 0.4) is 0 Å². The molecule has 2 rings (SSSR count). The summed E-state index contributed by atoms with van der Waals surface area (Å²) in [5.41, 5.74) is 1.18. The second kappa shape index (κ2) is 7.61. The molecule has 1 aliphatic heterocycles. The summed E-state index contributed by atoms with van der Waals surface area (Å²) >= 11 is 0. The van der Waals surface area contributed by atoms with E-state index in [4.69, 9.17) is 4.74 Å². The van der Waals surface area contributed by atoms with E-state index in [1.54, 1.807) is 19.0 Å². The number of rotatable bonds is 6. The lowest BCUT2D eigenvalue weighted by molar-refractivity contribution is -0.133. The molecule has 0 aliphatic carbocycles. The largest absolute Gasteiger partial charge is 0.491 e. The van der Waals surface area contributed by atoms with Crippen molar-refractivity contribution in [3.63, 3.8) is 0 Å². The minimum Gasteiger partial charge on any atom is -0.491 e. The molecule has 0 radical (unpaired) electrons. The lowest BCUT2D eigenvalue weighted by Gasteiger charge is -2.27. The highest BCUT2D eigenvalue weighted by Gasteiger charge is 2.32. The monoisotopic (exact) mass is 306 g/mol. The highest BCUT2D eigenvalue weighted by atomic mass is 16.5. The van der Waals surface area contributed by atoms with Gasteiger partial charge in [-0.25, -0.2) is 0 Å². The van der Waals surface area contributed by atoms with Crippen molar-refractivity contribution < 1.29 is 14.6 Å². The van der Waals surface area contributed by atoms with Gasteiger partial charge in [-0.05, 0) is 38.4 Å². The van der Waals surface area contributed by atoms with Gasteiger partial charge in [0, 0.05) is 20.6 Å². The third-order valence-corrected chi connectivity index (χ3v) is 4.00. The van der Waals surface area contributed by atoms with E-state index in [1.165, 1.54) is 5.56 Å². The van der Waals surface area contributed by atoms with Crippen LogP contribution in [0.5, 0.6) is 5.75 Å². The van der Waals surface area contributed by atoms with E-state index in [9.17, 15) is 9.90 Å². The number of benzene rings is 1. The smallest absolute Gasteiger partial charge is 0.239 e. The Bertz CT molecular complexity index is 487. The molecule has 0 bridgehead atoms. The molecule has 1 aromatic rings. The van der Waals surface area contributed by atoms with Crippen molar-refractivity contribution >= 4 is 5.91 Å². The van der Waals surface area contributed by atoms with Gasteiger partial charge in [0.1, 0.15) is 18.5 Å². The molecule has 1 N–H and O–H groups in total. The van der Waals surface area contributed by atoms with Crippen LogP contribution >= 0.6 is 0 Å². The van der Waals surface area contributed by atoms with Crippen LogP contribution in [0.25, 0.3) is 0 Å². The molecular weight excluding hydrogens is 280 g/mol. The van der Waals surface area contributed by atoms with Gasteiger partial charge >= 0.3 is 0 Å². The van der Waals surface area contributed by atoms with E-state index in [0.717, 1.165) is 25.1 Å². The summed E-state index contributed by atoms with van der Waals surface area (Å²) in [6, 6.07) is 7.65. The van der Waals surface area contributed by atoms with Crippen molar-refractivity contribution in [1.82, 2.24) is 9.80 Å². The highest BCUT2D eigenvalue weighted by molar-refractivity contribution is 5.81. The molecule has 1 heterocycles. The van der Waals surface area contributed by atoms with E-state index < -0.39 is 6.10 Å². The predicted octanol–water partition coefficient (Wildman–Crippen LogP) is 1.29. The number of hydrogen-bond donors (Lipinski definition) is 1. The Morgan fingerprint density at radius 2 is 2.09 bits per heavy atom. The Balaban J connectivity index is 1.82. The number of aliphatic hydroxyl groups is 1. The van der Waals surface area contributed by atoms with Crippen molar-refractivity contribution in [3.05, 3.63) is 29.8 Å². The first-order chi connectivity index (χ1) is 10.5. The first-order valence-corrected chi connectivity index (χ1v) is 7.80. The van der Waals surface area contributed by atoms with Crippen LogP contribution in [0.4, 0.5) is 0 Å². The van der Waals surface area contributed by atoms with Gasteiger partial charge in [-0.15, -0.1) is 0 Å². The summed E-state index contributed by atoms with van der Waals surface area (Å²) < 4.78 is 5.60. The molecule has 5 heteroatoms. The topological polar surface area (TPSA) is 53.0 Å². The molecule has 2 unspecified atom stereocenters. The van der Waals surface area contributed by atoms with Crippen LogP contribution in [0, 0.1) is 6.92 Å². The Labute approximate surface area is 132 Å². The number of carbonyl (C=O) groups excluding carboxylic acids is 1. The molecule has 5 nitrogen and oxygen atoms in total. The van der Waals surface area contributed by atoms with Crippen molar-refractivity contribution in [3.8, 4) is 5.75 Å². The van der Waals surface area contributed by atoms with E-state index in [1.807, 2.05) is 31.2 Å². The number of aliphatic hydroxyl groups excluding tert-OH is 1. The minimum absolute atomic E-state index is 0.107. The number of carbonyl (C=O) groups is 1. The summed E-state index contributed by atoms with van der Waals surface area (Å²) in [4.78, 5) is 15.8. The molecule has 22 heavy (non-hydrogen) atoms. The third-order valence-electron chi connectivity index (χ3n) is 4.00.